The van der Waals surface area contributed by atoms with Crippen molar-refractivity contribution in [3.8, 4) is 5.69 Å². The molecule has 0 atom stereocenters. The third-order valence-electron chi connectivity index (χ3n) is 8.50. The molecule has 0 spiro atoms. The van der Waals surface area contributed by atoms with Gasteiger partial charge < -0.3 is 9.47 Å². The fraction of sp³-hybridized carbons (Fsp3) is 0. The van der Waals surface area contributed by atoms with Gasteiger partial charge >= 0.3 is 0 Å². The second kappa shape index (κ2) is 7.51. The van der Waals surface area contributed by atoms with Gasteiger partial charge in [0.1, 0.15) is 0 Å². The highest BCUT2D eigenvalue weighted by Gasteiger charge is 2.29. The van der Waals surface area contributed by atoms with Crippen molar-refractivity contribution in [3.63, 3.8) is 0 Å². The first-order valence-electron chi connectivity index (χ1n) is 13.5. The van der Waals surface area contributed by atoms with Crippen molar-refractivity contribution in [2.24, 2.45) is 0 Å². The second-order valence-corrected chi connectivity index (χ2v) is 12.7. The summed E-state index contributed by atoms with van der Waals surface area (Å²) >= 11 is 3.78. The van der Waals surface area contributed by atoms with Gasteiger partial charge in [0, 0.05) is 56.8 Å². The van der Waals surface area contributed by atoms with E-state index < -0.39 is 0 Å². The molecule has 0 fully saturated rings. The number of hydrogen-bond donors (Lipinski definition) is 0. The molecular formula is C36H20N2S2. The van der Waals surface area contributed by atoms with Crippen molar-refractivity contribution in [2.75, 3.05) is 4.90 Å². The van der Waals surface area contributed by atoms with Gasteiger partial charge in [-0.25, -0.2) is 0 Å². The Hall–Kier alpha value is -4.64. The van der Waals surface area contributed by atoms with Crippen molar-refractivity contribution in [3.05, 3.63) is 121 Å². The third kappa shape index (κ3) is 2.58. The summed E-state index contributed by atoms with van der Waals surface area (Å²) in [4.78, 5) is 2.46. The predicted molar refractivity (Wildman–Crippen MR) is 175 cm³/mol. The van der Waals surface area contributed by atoms with E-state index in [1.165, 1.54) is 84.9 Å². The van der Waals surface area contributed by atoms with Gasteiger partial charge in [0.15, 0.2) is 0 Å². The van der Waals surface area contributed by atoms with Crippen molar-refractivity contribution >= 4 is 102 Å². The van der Waals surface area contributed by atoms with Gasteiger partial charge in [-0.1, -0.05) is 66.7 Å². The number of fused-ring (bicyclic) bond motifs is 12. The zero-order valence-corrected chi connectivity index (χ0v) is 22.9. The Morgan fingerprint density at radius 2 is 1.12 bits per heavy atom. The van der Waals surface area contributed by atoms with Crippen LogP contribution in [0.25, 0.3) is 67.8 Å². The van der Waals surface area contributed by atoms with E-state index >= 15 is 0 Å². The van der Waals surface area contributed by atoms with E-state index in [9.17, 15) is 0 Å². The summed E-state index contributed by atoms with van der Waals surface area (Å²) in [6.45, 7) is 0. The van der Waals surface area contributed by atoms with E-state index in [0.29, 0.717) is 0 Å². The minimum atomic E-state index is 1.19. The fourth-order valence-corrected chi connectivity index (χ4v) is 9.19. The fourth-order valence-electron chi connectivity index (χ4n) is 6.85. The van der Waals surface area contributed by atoms with Crippen LogP contribution in [-0.2, 0) is 0 Å². The predicted octanol–water partition coefficient (Wildman–Crippen LogP) is 11.3. The van der Waals surface area contributed by atoms with E-state index in [2.05, 4.69) is 131 Å². The number of nitrogens with zero attached hydrogens (tertiary/aromatic N) is 2. The van der Waals surface area contributed by atoms with E-state index in [1.54, 1.807) is 0 Å². The number of aromatic nitrogens is 1. The standard InChI is InChI=1S/C36H20N2S2/c1-6-15-32-22(8-1)24-17-18-29-34(36(24)40-32)25-10-7-13-30-35(25)38(29)28-12-4-3-11-27(28)37(30)21-16-19-33-26(20-21)23-9-2-5-14-31(23)39-33/h1-20H. The van der Waals surface area contributed by atoms with E-state index in [-0.39, 0.29) is 0 Å². The Labute approximate surface area is 237 Å². The Morgan fingerprint density at radius 1 is 0.450 bits per heavy atom. The molecule has 9 aromatic rings. The van der Waals surface area contributed by atoms with E-state index in [0.717, 1.165) is 0 Å². The summed E-state index contributed by atoms with van der Waals surface area (Å²) in [6, 6.07) is 44.8. The number of anilines is 3. The third-order valence-corrected chi connectivity index (χ3v) is 10.9. The zero-order valence-electron chi connectivity index (χ0n) is 21.3. The van der Waals surface area contributed by atoms with Crippen LogP contribution in [-0.4, -0.2) is 4.57 Å². The number of rotatable bonds is 1. The molecule has 3 aromatic heterocycles. The van der Waals surface area contributed by atoms with Crippen LogP contribution in [0.15, 0.2) is 121 Å². The average molecular weight is 545 g/mol. The monoisotopic (exact) mass is 544 g/mol. The first-order chi connectivity index (χ1) is 19.8. The first kappa shape index (κ1) is 21.2. The summed E-state index contributed by atoms with van der Waals surface area (Å²) in [6.07, 6.45) is 0. The van der Waals surface area contributed by atoms with Crippen LogP contribution in [0, 0.1) is 0 Å². The van der Waals surface area contributed by atoms with Crippen LogP contribution in [0.5, 0.6) is 0 Å². The molecule has 0 N–H and O–H groups in total. The molecule has 0 saturated heterocycles. The molecule has 1 aliphatic rings. The number of benzene rings is 6. The smallest absolute Gasteiger partial charge is 0.0783 e. The lowest BCUT2D eigenvalue weighted by atomic mass is 10.1. The zero-order chi connectivity index (χ0) is 25.9. The normalized spacial score (nSPS) is 12.9. The van der Waals surface area contributed by atoms with Crippen LogP contribution >= 0.6 is 22.7 Å². The summed E-state index contributed by atoms with van der Waals surface area (Å²) < 4.78 is 7.87. The Morgan fingerprint density at radius 3 is 2.00 bits per heavy atom. The van der Waals surface area contributed by atoms with Gasteiger partial charge in [0.05, 0.1) is 28.1 Å². The lowest BCUT2D eigenvalue weighted by Gasteiger charge is -2.33. The Balaban J connectivity index is 1.34. The van der Waals surface area contributed by atoms with Gasteiger partial charge in [0.2, 0.25) is 0 Å². The van der Waals surface area contributed by atoms with Crippen LogP contribution in [0.4, 0.5) is 17.1 Å². The van der Waals surface area contributed by atoms with Crippen LogP contribution in [0.1, 0.15) is 0 Å². The summed E-state index contributed by atoms with van der Waals surface area (Å²) in [5.41, 5.74) is 7.39. The maximum atomic E-state index is 2.49. The second-order valence-electron chi connectivity index (χ2n) is 10.5. The molecule has 0 saturated carbocycles. The highest BCUT2D eigenvalue weighted by molar-refractivity contribution is 7.27. The molecule has 4 heteroatoms. The summed E-state index contributed by atoms with van der Waals surface area (Å²) in [5, 5.41) is 8.00. The van der Waals surface area contributed by atoms with Crippen LogP contribution < -0.4 is 4.90 Å². The molecule has 1 aliphatic heterocycles. The quantitative estimate of drug-likeness (QED) is 0.199. The molecule has 0 unspecified atom stereocenters. The molecule has 186 valence electrons. The summed E-state index contributed by atoms with van der Waals surface area (Å²) in [5.74, 6) is 0. The maximum Gasteiger partial charge on any atom is 0.0783 e. The molecule has 4 heterocycles. The molecule has 0 aliphatic carbocycles. The van der Waals surface area contributed by atoms with Gasteiger partial charge in [-0.05, 0) is 54.6 Å². The lowest BCUT2D eigenvalue weighted by Crippen LogP contribution is -2.17. The van der Waals surface area contributed by atoms with Crippen molar-refractivity contribution in [1.82, 2.24) is 4.57 Å². The summed E-state index contributed by atoms with van der Waals surface area (Å²) in [7, 11) is 0. The topological polar surface area (TPSA) is 8.17 Å². The number of hydrogen-bond acceptors (Lipinski definition) is 3. The van der Waals surface area contributed by atoms with E-state index in [1.807, 2.05) is 22.7 Å². The number of para-hydroxylation sites is 3. The first-order valence-corrected chi connectivity index (χ1v) is 15.2. The van der Waals surface area contributed by atoms with Gasteiger partial charge in [0.25, 0.3) is 0 Å². The van der Waals surface area contributed by atoms with Gasteiger partial charge in [-0.15, -0.1) is 22.7 Å². The molecule has 0 amide bonds. The van der Waals surface area contributed by atoms with Crippen LogP contribution in [0.2, 0.25) is 0 Å². The minimum Gasteiger partial charge on any atom is -0.306 e. The Kier molecular flexibility index (Phi) is 3.98. The molecule has 6 aromatic carbocycles. The highest BCUT2D eigenvalue weighted by atomic mass is 32.1. The SMILES string of the molecule is c1ccc2c(c1)N(c1ccc3sc4ccccc4c3c1)c1cccc3c4c5sc6ccccc6c5ccc4n-2c13. The number of thiophene rings is 2. The lowest BCUT2D eigenvalue weighted by molar-refractivity contribution is 1.11. The molecule has 40 heavy (non-hydrogen) atoms. The largest absolute Gasteiger partial charge is 0.306 e. The van der Waals surface area contributed by atoms with Gasteiger partial charge in [-0.2, -0.15) is 0 Å². The highest BCUT2D eigenvalue weighted by Crippen LogP contribution is 2.52. The van der Waals surface area contributed by atoms with Crippen molar-refractivity contribution in [1.29, 1.82) is 0 Å². The maximum absolute atomic E-state index is 2.49. The van der Waals surface area contributed by atoms with Crippen molar-refractivity contribution in [2.45, 2.75) is 0 Å². The van der Waals surface area contributed by atoms with Crippen LogP contribution in [0.3, 0.4) is 0 Å². The molecule has 0 radical (unpaired) electrons. The van der Waals surface area contributed by atoms with E-state index in [4.69, 9.17) is 0 Å². The van der Waals surface area contributed by atoms with Gasteiger partial charge in [-0.3, -0.25) is 0 Å². The minimum absolute atomic E-state index is 1.19. The molecule has 0 bridgehead atoms. The average Bonchev–Trinajstić information content (AvgIpc) is 3.67. The molecular weight excluding hydrogens is 525 g/mol. The molecule has 2 nitrogen and oxygen atoms in total. The Bertz CT molecular complexity index is 2510. The van der Waals surface area contributed by atoms with Crippen molar-refractivity contribution < 1.29 is 0 Å². The molecule has 10 rings (SSSR count).